The van der Waals surface area contributed by atoms with Gasteiger partial charge in [-0.2, -0.15) is 18.2 Å². The number of halogens is 1. The minimum Gasteiger partial charge on any atom is -0.367 e. The summed E-state index contributed by atoms with van der Waals surface area (Å²) in [6.07, 6.45) is 1.55. The first-order valence-corrected chi connectivity index (χ1v) is 14.2. The third-order valence-electron chi connectivity index (χ3n) is 5.91. The van der Waals surface area contributed by atoms with Gasteiger partial charge >= 0.3 is 0 Å². The lowest BCUT2D eigenvalue weighted by Crippen LogP contribution is -2.26. The largest absolute Gasteiger partial charge is 0.367 e. The summed E-state index contributed by atoms with van der Waals surface area (Å²) in [4.78, 5) is 0.555. The Balaban J connectivity index is 1.51. The zero-order valence-electron chi connectivity index (χ0n) is 19.9. The van der Waals surface area contributed by atoms with E-state index in [0.717, 1.165) is 21.9 Å². The lowest BCUT2D eigenvalue weighted by molar-refractivity contribution is 0.595. The quantitative estimate of drug-likeness (QED) is 0.149. The van der Waals surface area contributed by atoms with Gasteiger partial charge in [-0.25, -0.2) is 0 Å². The minimum atomic E-state index is -4.18. The second-order valence-electron chi connectivity index (χ2n) is 8.39. The van der Waals surface area contributed by atoms with Crippen LogP contribution in [0, 0.1) is 6.92 Å². The van der Waals surface area contributed by atoms with Gasteiger partial charge in [0.2, 0.25) is 5.96 Å². The van der Waals surface area contributed by atoms with Crippen molar-refractivity contribution in [3.05, 3.63) is 113 Å². The molecule has 0 saturated carbocycles. The van der Waals surface area contributed by atoms with E-state index < -0.39 is 10.0 Å². The molecule has 186 valence electrons. The summed E-state index contributed by atoms with van der Waals surface area (Å²) >= 11 is 7.80. The highest BCUT2D eigenvalue weighted by molar-refractivity contribution is 7.99. The molecule has 0 bridgehead atoms. The molecule has 5 rings (SSSR count). The van der Waals surface area contributed by atoms with Gasteiger partial charge in [-0.3, -0.25) is 0 Å². The van der Waals surface area contributed by atoms with Crippen LogP contribution < -0.4 is 5.73 Å². The molecule has 6 nitrogen and oxygen atoms in total. The third kappa shape index (κ3) is 5.27. The van der Waals surface area contributed by atoms with Crippen LogP contribution in [0.5, 0.6) is 0 Å². The molecule has 0 atom stereocenters. The van der Waals surface area contributed by atoms with Gasteiger partial charge in [0, 0.05) is 21.2 Å². The van der Waals surface area contributed by atoms with Crippen LogP contribution >= 0.6 is 23.4 Å². The molecular formula is C28H23ClN4O2S2. The normalized spacial score (nSPS) is 12.2. The number of rotatable bonds is 6. The summed E-state index contributed by atoms with van der Waals surface area (Å²) in [6, 6.07) is 28.6. The minimum absolute atomic E-state index is 0.0519. The molecule has 0 aliphatic carbocycles. The van der Waals surface area contributed by atoms with Gasteiger partial charge in [0.05, 0.1) is 11.9 Å². The molecule has 0 amide bonds. The van der Waals surface area contributed by atoms with Crippen molar-refractivity contribution in [3.8, 4) is 11.3 Å². The molecule has 0 saturated heterocycles. The Morgan fingerprint density at radius 3 is 2.54 bits per heavy atom. The van der Waals surface area contributed by atoms with Crippen molar-refractivity contribution in [1.29, 1.82) is 0 Å². The molecule has 2 N–H and O–H groups in total. The Morgan fingerprint density at radius 2 is 1.73 bits per heavy atom. The highest BCUT2D eigenvalue weighted by atomic mass is 35.5. The SMILES string of the molecule is Cc1cc(S(=O)(=O)N=C(N)n2nccc2-c2ccccc2)c(SCc2cccc3ccccc23)cc1Cl. The van der Waals surface area contributed by atoms with E-state index in [-0.39, 0.29) is 10.9 Å². The molecule has 5 aromatic rings. The van der Waals surface area contributed by atoms with E-state index in [1.807, 2.05) is 54.6 Å². The number of nitrogens with two attached hydrogens (primary N) is 1. The van der Waals surface area contributed by atoms with Crippen molar-refractivity contribution in [2.75, 3.05) is 0 Å². The fraction of sp³-hybridized carbons (Fsp3) is 0.0714. The van der Waals surface area contributed by atoms with Crippen molar-refractivity contribution in [2.45, 2.75) is 22.5 Å². The second kappa shape index (κ2) is 10.4. The maximum absolute atomic E-state index is 13.5. The Labute approximate surface area is 224 Å². The number of benzene rings is 4. The number of fused-ring (bicyclic) bond motifs is 1. The maximum atomic E-state index is 13.5. The smallest absolute Gasteiger partial charge is 0.286 e. The Bertz CT molecular complexity index is 1730. The van der Waals surface area contributed by atoms with Crippen LogP contribution in [0.2, 0.25) is 5.02 Å². The van der Waals surface area contributed by atoms with Crippen LogP contribution in [0.1, 0.15) is 11.1 Å². The predicted octanol–water partition coefficient (Wildman–Crippen LogP) is 6.51. The zero-order valence-corrected chi connectivity index (χ0v) is 22.3. The first kappa shape index (κ1) is 25.1. The number of aryl methyl sites for hydroxylation is 1. The second-order valence-corrected chi connectivity index (χ2v) is 11.4. The third-order valence-corrected chi connectivity index (χ3v) is 8.87. The molecule has 0 unspecified atom stereocenters. The number of aromatic nitrogens is 2. The van der Waals surface area contributed by atoms with Gasteiger partial charge in [0.15, 0.2) is 0 Å². The number of thioether (sulfide) groups is 1. The van der Waals surface area contributed by atoms with Gasteiger partial charge in [-0.05, 0) is 47.0 Å². The van der Waals surface area contributed by atoms with Gasteiger partial charge in [-0.15, -0.1) is 16.2 Å². The van der Waals surface area contributed by atoms with E-state index in [4.69, 9.17) is 17.3 Å². The van der Waals surface area contributed by atoms with Crippen LogP contribution in [-0.4, -0.2) is 24.2 Å². The highest BCUT2D eigenvalue weighted by Crippen LogP contribution is 2.36. The van der Waals surface area contributed by atoms with E-state index in [1.54, 1.807) is 31.3 Å². The highest BCUT2D eigenvalue weighted by Gasteiger charge is 2.22. The first-order valence-electron chi connectivity index (χ1n) is 11.4. The number of hydrogen-bond donors (Lipinski definition) is 1. The van der Waals surface area contributed by atoms with Crippen molar-refractivity contribution >= 4 is 50.1 Å². The van der Waals surface area contributed by atoms with Gasteiger partial charge < -0.3 is 5.73 Å². The van der Waals surface area contributed by atoms with Crippen LogP contribution in [0.4, 0.5) is 0 Å². The van der Waals surface area contributed by atoms with Crippen LogP contribution in [-0.2, 0) is 15.8 Å². The van der Waals surface area contributed by atoms with Gasteiger partial charge in [0.1, 0.15) is 4.90 Å². The predicted molar refractivity (Wildman–Crippen MR) is 152 cm³/mol. The van der Waals surface area contributed by atoms with Crippen molar-refractivity contribution < 1.29 is 8.42 Å². The van der Waals surface area contributed by atoms with E-state index in [0.29, 0.717) is 26.9 Å². The monoisotopic (exact) mass is 546 g/mol. The topological polar surface area (TPSA) is 90.3 Å². The summed E-state index contributed by atoms with van der Waals surface area (Å²) in [6.45, 7) is 1.76. The molecule has 4 aromatic carbocycles. The maximum Gasteiger partial charge on any atom is 0.286 e. The van der Waals surface area contributed by atoms with Crippen LogP contribution in [0.25, 0.3) is 22.0 Å². The molecule has 37 heavy (non-hydrogen) atoms. The molecule has 0 spiro atoms. The van der Waals surface area contributed by atoms with E-state index >= 15 is 0 Å². The molecule has 0 aliphatic heterocycles. The zero-order chi connectivity index (χ0) is 26.0. The first-order chi connectivity index (χ1) is 17.8. The van der Waals surface area contributed by atoms with E-state index in [2.05, 4.69) is 27.7 Å². The molecule has 0 radical (unpaired) electrons. The Hall–Kier alpha value is -3.59. The van der Waals surface area contributed by atoms with Crippen molar-refractivity contribution in [1.82, 2.24) is 9.78 Å². The van der Waals surface area contributed by atoms with Gasteiger partial charge in [0.25, 0.3) is 10.0 Å². The van der Waals surface area contributed by atoms with E-state index in [1.165, 1.54) is 16.4 Å². The summed E-state index contributed by atoms with van der Waals surface area (Å²) in [5, 5.41) is 6.93. The summed E-state index contributed by atoms with van der Waals surface area (Å²) in [5.41, 5.74) is 9.38. The van der Waals surface area contributed by atoms with Crippen molar-refractivity contribution in [3.63, 3.8) is 0 Å². The van der Waals surface area contributed by atoms with Crippen molar-refractivity contribution in [2.24, 2.45) is 10.1 Å². The molecule has 9 heteroatoms. The molecule has 1 heterocycles. The average molecular weight is 547 g/mol. The lowest BCUT2D eigenvalue weighted by Gasteiger charge is -2.12. The summed E-state index contributed by atoms with van der Waals surface area (Å²) < 4.78 is 32.3. The lowest BCUT2D eigenvalue weighted by atomic mass is 10.1. The Morgan fingerprint density at radius 1 is 1.00 bits per heavy atom. The molecule has 0 fully saturated rings. The molecular weight excluding hydrogens is 524 g/mol. The number of nitrogens with zero attached hydrogens (tertiary/aromatic N) is 3. The molecule has 0 aliphatic rings. The number of hydrogen-bond acceptors (Lipinski definition) is 4. The van der Waals surface area contributed by atoms with Gasteiger partial charge in [-0.1, -0.05) is 84.4 Å². The summed E-state index contributed by atoms with van der Waals surface area (Å²) in [7, 11) is -4.18. The molecule has 1 aromatic heterocycles. The Kier molecular flexibility index (Phi) is 7.06. The average Bonchev–Trinajstić information content (AvgIpc) is 3.40. The van der Waals surface area contributed by atoms with E-state index in [9.17, 15) is 8.42 Å². The summed E-state index contributed by atoms with van der Waals surface area (Å²) in [5.74, 6) is 0.307. The fourth-order valence-corrected chi connectivity index (χ4v) is 6.80. The number of sulfonamides is 1. The van der Waals surface area contributed by atoms with Crippen LogP contribution in [0.3, 0.4) is 0 Å². The standard InChI is InChI=1S/C28H23ClN4O2S2/c1-19-16-27(26(17-24(19)29)36-18-22-12-7-11-20-8-5-6-13-23(20)22)37(34,35)32-28(30)33-25(14-15-31-33)21-9-3-2-4-10-21/h2-17H,18H2,1H3,(H2,30,32). The van der Waals surface area contributed by atoms with Crippen LogP contribution in [0.15, 0.2) is 111 Å². The fourth-order valence-electron chi connectivity index (χ4n) is 4.05.